The first kappa shape index (κ1) is 10.7. The molecule has 1 amide bonds. The van der Waals surface area contributed by atoms with E-state index in [0.717, 1.165) is 30.6 Å². The lowest BCUT2D eigenvalue weighted by atomic mass is 9.86. The summed E-state index contributed by atoms with van der Waals surface area (Å²) in [6.45, 7) is 0.814. The summed E-state index contributed by atoms with van der Waals surface area (Å²) in [5, 5.41) is 0. The lowest BCUT2D eigenvalue weighted by Gasteiger charge is -2.40. The number of hydrogen-bond donors (Lipinski definition) is 0. The monoisotopic (exact) mass is 250 g/mol. The quantitative estimate of drug-likeness (QED) is 0.719. The predicted molar refractivity (Wildman–Crippen MR) is 71.9 cm³/mol. The Labute approximate surface area is 111 Å². The van der Waals surface area contributed by atoms with E-state index >= 15 is 0 Å². The molecule has 3 nitrogen and oxygen atoms in total. The van der Waals surface area contributed by atoms with Crippen LogP contribution in [0.4, 0.5) is 0 Å². The molecule has 0 radical (unpaired) electrons. The van der Waals surface area contributed by atoms with Gasteiger partial charge in [-0.15, -0.1) is 0 Å². The molecule has 0 N–H and O–H groups in total. The van der Waals surface area contributed by atoms with E-state index in [1.165, 1.54) is 11.1 Å². The van der Waals surface area contributed by atoms with Crippen molar-refractivity contribution < 1.29 is 4.79 Å². The summed E-state index contributed by atoms with van der Waals surface area (Å²) in [4.78, 5) is 18.9. The molecule has 0 saturated heterocycles. The first-order valence-electron chi connectivity index (χ1n) is 6.67. The smallest absolute Gasteiger partial charge is 0.256 e. The number of benzene rings is 1. The van der Waals surface area contributed by atoms with E-state index < -0.39 is 0 Å². The standard InChI is InChI=1S/C16H14N2O/c19-16-13-6-3-8-17-14(13)10-15-12-5-2-1-4-11(12)7-9-18(15)16/h1-6,8,15H,7,9-10H2/t15-/m0/s1. The van der Waals surface area contributed by atoms with Gasteiger partial charge in [0.15, 0.2) is 0 Å². The molecule has 2 aliphatic rings. The van der Waals surface area contributed by atoms with Gasteiger partial charge in [0.25, 0.3) is 5.91 Å². The second kappa shape index (κ2) is 3.92. The number of carbonyl (C=O) groups is 1. The molecule has 94 valence electrons. The lowest BCUT2D eigenvalue weighted by molar-refractivity contribution is 0.0629. The van der Waals surface area contributed by atoms with Crippen LogP contribution < -0.4 is 0 Å². The van der Waals surface area contributed by atoms with Crippen LogP contribution in [0, 0.1) is 0 Å². The van der Waals surface area contributed by atoms with Crippen molar-refractivity contribution in [1.82, 2.24) is 9.88 Å². The van der Waals surface area contributed by atoms with Crippen LogP contribution in [0.1, 0.15) is 33.2 Å². The van der Waals surface area contributed by atoms with Crippen LogP contribution in [0.3, 0.4) is 0 Å². The summed E-state index contributed by atoms with van der Waals surface area (Å²) in [5.74, 6) is 0.133. The third-order valence-corrected chi connectivity index (χ3v) is 4.18. The number of hydrogen-bond acceptors (Lipinski definition) is 2. The fraction of sp³-hybridized carbons (Fsp3) is 0.250. The van der Waals surface area contributed by atoms with Gasteiger partial charge in [-0.3, -0.25) is 9.78 Å². The fourth-order valence-corrected chi connectivity index (χ4v) is 3.25. The molecule has 1 atom stereocenters. The van der Waals surface area contributed by atoms with Crippen molar-refractivity contribution in [1.29, 1.82) is 0 Å². The van der Waals surface area contributed by atoms with E-state index in [9.17, 15) is 4.79 Å². The Morgan fingerprint density at radius 2 is 2.05 bits per heavy atom. The van der Waals surface area contributed by atoms with Gasteiger partial charge in [-0.25, -0.2) is 0 Å². The summed E-state index contributed by atoms with van der Waals surface area (Å²) >= 11 is 0. The van der Waals surface area contributed by atoms with Crippen molar-refractivity contribution >= 4 is 5.91 Å². The van der Waals surface area contributed by atoms with Crippen LogP contribution in [-0.4, -0.2) is 22.3 Å². The maximum Gasteiger partial charge on any atom is 0.256 e. The number of amides is 1. The molecule has 0 unspecified atom stereocenters. The Morgan fingerprint density at radius 1 is 1.16 bits per heavy atom. The third-order valence-electron chi connectivity index (χ3n) is 4.18. The molecule has 4 rings (SSSR count). The van der Waals surface area contributed by atoms with Crippen LogP contribution in [0.25, 0.3) is 0 Å². The van der Waals surface area contributed by atoms with Crippen LogP contribution in [0.5, 0.6) is 0 Å². The molecular formula is C16H14N2O. The van der Waals surface area contributed by atoms with Crippen molar-refractivity contribution in [3.8, 4) is 0 Å². The third kappa shape index (κ3) is 1.51. The average Bonchev–Trinajstić information content (AvgIpc) is 2.47. The van der Waals surface area contributed by atoms with Crippen LogP contribution in [-0.2, 0) is 12.8 Å². The van der Waals surface area contributed by atoms with Gasteiger partial charge in [0.1, 0.15) is 0 Å². The van der Waals surface area contributed by atoms with Crippen molar-refractivity contribution in [3.63, 3.8) is 0 Å². The minimum atomic E-state index is 0.133. The zero-order valence-electron chi connectivity index (χ0n) is 10.5. The van der Waals surface area contributed by atoms with Crippen LogP contribution in [0.2, 0.25) is 0 Å². The normalized spacial score (nSPS) is 20.5. The maximum absolute atomic E-state index is 12.5. The zero-order chi connectivity index (χ0) is 12.8. The number of rotatable bonds is 0. The van der Waals surface area contributed by atoms with Gasteiger partial charge in [0.05, 0.1) is 17.3 Å². The highest BCUT2D eigenvalue weighted by molar-refractivity contribution is 5.96. The molecule has 3 heterocycles. The van der Waals surface area contributed by atoms with E-state index in [-0.39, 0.29) is 11.9 Å². The Bertz CT molecular complexity index is 665. The largest absolute Gasteiger partial charge is 0.331 e. The summed E-state index contributed by atoms with van der Waals surface area (Å²) < 4.78 is 0. The molecular weight excluding hydrogens is 236 g/mol. The lowest BCUT2D eigenvalue weighted by Crippen LogP contribution is -2.44. The van der Waals surface area contributed by atoms with E-state index in [2.05, 4.69) is 29.2 Å². The number of pyridine rings is 1. The van der Waals surface area contributed by atoms with Crippen molar-refractivity contribution in [2.75, 3.05) is 6.54 Å². The van der Waals surface area contributed by atoms with Gasteiger partial charge in [0, 0.05) is 19.2 Å². The number of fused-ring (bicyclic) bond motifs is 4. The van der Waals surface area contributed by atoms with E-state index in [1.54, 1.807) is 6.20 Å². The first-order valence-corrected chi connectivity index (χ1v) is 6.67. The van der Waals surface area contributed by atoms with Crippen LogP contribution >= 0.6 is 0 Å². The molecule has 0 aliphatic carbocycles. The molecule has 2 aliphatic heterocycles. The highest BCUT2D eigenvalue weighted by atomic mass is 16.2. The van der Waals surface area contributed by atoms with E-state index in [0.29, 0.717) is 0 Å². The summed E-state index contributed by atoms with van der Waals surface area (Å²) in [6.07, 6.45) is 3.56. The molecule has 0 spiro atoms. The molecule has 19 heavy (non-hydrogen) atoms. The SMILES string of the molecule is O=C1c2cccnc2C[C@H]2c3ccccc3CCN12. The maximum atomic E-state index is 12.5. The second-order valence-electron chi connectivity index (χ2n) is 5.16. The Kier molecular flexibility index (Phi) is 2.21. The Morgan fingerprint density at radius 3 is 3.00 bits per heavy atom. The predicted octanol–water partition coefficient (Wildman–Crippen LogP) is 2.38. The number of carbonyl (C=O) groups excluding carboxylic acids is 1. The van der Waals surface area contributed by atoms with Crippen molar-refractivity contribution in [2.45, 2.75) is 18.9 Å². The average molecular weight is 250 g/mol. The minimum Gasteiger partial charge on any atom is -0.331 e. The number of nitrogens with zero attached hydrogens (tertiary/aromatic N) is 2. The van der Waals surface area contributed by atoms with E-state index in [1.807, 2.05) is 17.0 Å². The number of aromatic nitrogens is 1. The molecule has 3 heteroatoms. The minimum absolute atomic E-state index is 0.133. The highest BCUT2D eigenvalue weighted by Gasteiger charge is 2.36. The zero-order valence-corrected chi connectivity index (χ0v) is 10.5. The second-order valence-corrected chi connectivity index (χ2v) is 5.16. The molecule has 0 bridgehead atoms. The topological polar surface area (TPSA) is 33.2 Å². The van der Waals surface area contributed by atoms with Gasteiger partial charge in [0.2, 0.25) is 0 Å². The molecule has 0 fully saturated rings. The molecule has 1 aromatic heterocycles. The van der Waals surface area contributed by atoms with Crippen molar-refractivity contribution in [3.05, 3.63) is 65.0 Å². The Balaban J connectivity index is 1.85. The van der Waals surface area contributed by atoms with Gasteiger partial charge < -0.3 is 4.90 Å². The van der Waals surface area contributed by atoms with E-state index in [4.69, 9.17) is 0 Å². The van der Waals surface area contributed by atoms with Crippen molar-refractivity contribution in [2.24, 2.45) is 0 Å². The molecule has 1 aromatic carbocycles. The summed E-state index contributed by atoms with van der Waals surface area (Å²) in [7, 11) is 0. The fourth-order valence-electron chi connectivity index (χ4n) is 3.25. The first-order chi connectivity index (χ1) is 9.34. The molecule has 0 saturated carbocycles. The van der Waals surface area contributed by atoms with Gasteiger partial charge in [-0.05, 0) is 29.7 Å². The Hall–Kier alpha value is -2.16. The van der Waals surface area contributed by atoms with Crippen LogP contribution in [0.15, 0.2) is 42.6 Å². The summed E-state index contributed by atoms with van der Waals surface area (Å²) in [6, 6.07) is 12.3. The highest BCUT2D eigenvalue weighted by Crippen LogP contribution is 2.36. The van der Waals surface area contributed by atoms with Gasteiger partial charge in [-0.2, -0.15) is 0 Å². The van der Waals surface area contributed by atoms with Gasteiger partial charge >= 0.3 is 0 Å². The molecule has 2 aromatic rings. The summed E-state index contributed by atoms with van der Waals surface area (Å²) in [5.41, 5.74) is 4.37. The van der Waals surface area contributed by atoms with Gasteiger partial charge in [-0.1, -0.05) is 24.3 Å².